The molecule has 0 aromatic heterocycles. The first-order valence-corrected chi connectivity index (χ1v) is 7.32. The SMILES string of the molecule is C=C/C=C\c1ccc(OC)c(CC(O)/C(C=C)=C/C=C/F)c1C. The molecule has 0 aliphatic rings. The molecule has 1 rings (SSSR count). The quantitative estimate of drug-likeness (QED) is 0.705. The maximum absolute atomic E-state index is 12.2. The summed E-state index contributed by atoms with van der Waals surface area (Å²) in [5.41, 5.74) is 3.50. The maximum atomic E-state index is 12.2. The van der Waals surface area contributed by atoms with Crippen LogP contribution in [0.4, 0.5) is 4.39 Å². The molecule has 3 heteroatoms. The number of aliphatic hydroxyl groups excluding tert-OH is 1. The van der Waals surface area contributed by atoms with E-state index in [1.807, 2.05) is 31.2 Å². The molecule has 0 spiro atoms. The lowest BCUT2D eigenvalue weighted by Crippen LogP contribution is -2.14. The molecule has 1 unspecified atom stereocenters. The molecule has 0 saturated carbocycles. The van der Waals surface area contributed by atoms with Gasteiger partial charge >= 0.3 is 0 Å². The summed E-state index contributed by atoms with van der Waals surface area (Å²) in [7, 11) is 1.60. The van der Waals surface area contributed by atoms with Crippen molar-refractivity contribution in [3.8, 4) is 5.75 Å². The molecule has 2 nitrogen and oxygen atoms in total. The van der Waals surface area contributed by atoms with Crippen molar-refractivity contribution in [3.05, 3.63) is 84.3 Å². The lowest BCUT2D eigenvalue weighted by Gasteiger charge is -2.18. The average molecular weight is 314 g/mol. The van der Waals surface area contributed by atoms with Crippen LogP contribution >= 0.6 is 0 Å². The highest BCUT2D eigenvalue weighted by atomic mass is 19.1. The van der Waals surface area contributed by atoms with Crippen LogP contribution in [-0.2, 0) is 6.42 Å². The summed E-state index contributed by atoms with van der Waals surface area (Å²) in [6.07, 6.45) is 9.74. The van der Waals surface area contributed by atoms with Gasteiger partial charge in [-0.2, -0.15) is 0 Å². The van der Waals surface area contributed by atoms with E-state index >= 15 is 0 Å². The summed E-state index contributed by atoms with van der Waals surface area (Å²) in [6.45, 7) is 9.31. The predicted octanol–water partition coefficient (Wildman–Crippen LogP) is 4.70. The Hall–Kier alpha value is -2.39. The molecular formula is C20H23FO2. The van der Waals surface area contributed by atoms with E-state index in [0.29, 0.717) is 24.1 Å². The van der Waals surface area contributed by atoms with Crippen molar-refractivity contribution in [2.75, 3.05) is 7.11 Å². The second-order valence-electron chi connectivity index (χ2n) is 4.96. The maximum Gasteiger partial charge on any atom is 0.122 e. The Bertz CT molecular complexity index is 639. The zero-order valence-corrected chi connectivity index (χ0v) is 13.6. The van der Waals surface area contributed by atoms with E-state index in [4.69, 9.17) is 4.74 Å². The van der Waals surface area contributed by atoms with E-state index in [0.717, 1.165) is 16.7 Å². The Balaban J connectivity index is 3.21. The minimum absolute atomic E-state index is 0.350. The number of rotatable bonds is 8. The van der Waals surface area contributed by atoms with Gasteiger partial charge in [0.1, 0.15) is 5.75 Å². The first-order valence-electron chi connectivity index (χ1n) is 7.32. The van der Waals surface area contributed by atoms with Crippen LogP contribution in [0.1, 0.15) is 16.7 Å². The van der Waals surface area contributed by atoms with E-state index in [1.54, 1.807) is 13.2 Å². The van der Waals surface area contributed by atoms with Crippen molar-refractivity contribution < 1.29 is 14.2 Å². The molecular weight excluding hydrogens is 291 g/mol. The molecule has 0 aliphatic carbocycles. The van der Waals surface area contributed by atoms with E-state index in [-0.39, 0.29) is 0 Å². The molecule has 0 fully saturated rings. The molecule has 0 aliphatic heterocycles. The van der Waals surface area contributed by atoms with Gasteiger partial charge in [0.2, 0.25) is 0 Å². The lowest BCUT2D eigenvalue weighted by molar-refractivity contribution is 0.213. The van der Waals surface area contributed by atoms with Crippen LogP contribution in [0, 0.1) is 6.92 Å². The fourth-order valence-electron chi connectivity index (χ4n) is 2.32. The number of methoxy groups -OCH3 is 1. The van der Waals surface area contributed by atoms with Gasteiger partial charge in [0, 0.05) is 12.0 Å². The van der Waals surface area contributed by atoms with Gasteiger partial charge in [0.05, 0.1) is 19.5 Å². The molecule has 0 bridgehead atoms. The van der Waals surface area contributed by atoms with Crippen LogP contribution in [0.2, 0.25) is 0 Å². The fraction of sp³-hybridized carbons (Fsp3) is 0.200. The Labute approximate surface area is 137 Å². The van der Waals surface area contributed by atoms with Crippen LogP contribution < -0.4 is 4.74 Å². The number of hydrogen-bond acceptors (Lipinski definition) is 2. The minimum Gasteiger partial charge on any atom is -0.496 e. The topological polar surface area (TPSA) is 29.5 Å². The van der Waals surface area contributed by atoms with Crippen LogP contribution in [0.5, 0.6) is 5.75 Å². The van der Waals surface area contributed by atoms with Gasteiger partial charge in [-0.15, -0.1) is 0 Å². The highest BCUT2D eigenvalue weighted by Crippen LogP contribution is 2.28. The van der Waals surface area contributed by atoms with Crippen molar-refractivity contribution in [1.29, 1.82) is 0 Å². The standard InChI is InChI=1S/C20H23FO2/c1-5-7-9-17-11-12-20(23-4)18(15(17)3)14-19(22)16(6-2)10-8-13-21/h5-13,19,22H,1-2,14H2,3-4H3/b9-7-,13-8+,16-10+. The number of ether oxygens (including phenoxy) is 1. The second kappa shape index (κ2) is 9.59. The summed E-state index contributed by atoms with van der Waals surface area (Å²) in [5.74, 6) is 0.710. The molecule has 122 valence electrons. The van der Waals surface area contributed by atoms with Crippen LogP contribution in [0.3, 0.4) is 0 Å². The van der Waals surface area contributed by atoms with Gasteiger partial charge in [0.25, 0.3) is 0 Å². The summed E-state index contributed by atoms with van der Waals surface area (Å²) in [5, 5.41) is 10.4. The smallest absolute Gasteiger partial charge is 0.122 e. The Morgan fingerprint density at radius 2 is 2.09 bits per heavy atom. The summed E-state index contributed by atoms with van der Waals surface area (Å²) in [6, 6.07) is 3.83. The average Bonchev–Trinajstić information content (AvgIpc) is 2.56. The zero-order valence-electron chi connectivity index (χ0n) is 13.6. The lowest BCUT2D eigenvalue weighted by atomic mass is 9.93. The van der Waals surface area contributed by atoms with Gasteiger partial charge in [-0.1, -0.05) is 49.6 Å². The molecule has 1 N–H and O–H groups in total. The van der Waals surface area contributed by atoms with Crippen molar-refractivity contribution in [2.45, 2.75) is 19.4 Å². The normalized spacial score (nSPS) is 13.5. The number of aliphatic hydroxyl groups is 1. The van der Waals surface area contributed by atoms with Gasteiger partial charge in [-0.05, 0) is 35.8 Å². The van der Waals surface area contributed by atoms with Crippen molar-refractivity contribution in [3.63, 3.8) is 0 Å². The number of halogens is 1. The van der Waals surface area contributed by atoms with E-state index in [1.165, 1.54) is 18.2 Å². The first kappa shape index (κ1) is 18.7. The first-order chi connectivity index (χ1) is 11.1. The monoisotopic (exact) mass is 314 g/mol. The Morgan fingerprint density at radius 3 is 2.65 bits per heavy atom. The third-order valence-electron chi connectivity index (χ3n) is 3.61. The molecule has 0 saturated heterocycles. The van der Waals surface area contributed by atoms with Crippen molar-refractivity contribution in [1.82, 2.24) is 0 Å². The fourth-order valence-corrected chi connectivity index (χ4v) is 2.32. The Morgan fingerprint density at radius 1 is 1.35 bits per heavy atom. The second-order valence-corrected chi connectivity index (χ2v) is 4.96. The van der Waals surface area contributed by atoms with Gasteiger partial charge < -0.3 is 9.84 Å². The van der Waals surface area contributed by atoms with Gasteiger partial charge in [-0.25, -0.2) is 4.39 Å². The molecule has 1 aromatic carbocycles. The van der Waals surface area contributed by atoms with E-state index in [2.05, 4.69) is 13.2 Å². The third kappa shape index (κ3) is 5.08. The molecule has 1 aromatic rings. The summed E-state index contributed by atoms with van der Waals surface area (Å²) < 4.78 is 17.6. The zero-order chi connectivity index (χ0) is 17.2. The largest absolute Gasteiger partial charge is 0.496 e. The van der Waals surface area contributed by atoms with E-state index < -0.39 is 6.10 Å². The molecule has 1 atom stereocenters. The van der Waals surface area contributed by atoms with Gasteiger partial charge in [-0.3, -0.25) is 0 Å². The van der Waals surface area contributed by atoms with Crippen molar-refractivity contribution in [2.24, 2.45) is 0 Å². The predicted molar refractivity (Wildman–Crippen MR) is 95.2 cm³/mol. The number of benzene rings is 1. The molecule has 23 heavy (non-hydrogen) atoms. The van der Waals surface area contributed by atoms with Gasteiger partial charge in [0.15, 0.2) is 0 Å². The molecule has 0 radical (unpaired) electrons. The third-order valence-corrected chi connectivity index (χ3v) is 3.61. The van der Waals surface area contributed by atoms with Crippen LogP contribution in [-0.4, -0.2) is 18.3 Å². The number of allylic oxidation sites excluding steroid dienone is 4. The van der Waals surface area contributed by atoms with Crippen molar-refractivity contribution >= 4 is 6.08 Å². The number of hydrogen-bond donors (Lipinski definition) is 1. The van der Waals surface area contributed by atoms with Crippen LogP contribution in [0.25, 0.3) is 6.08 Å². The summed E-state index contributed by atoms with van der Waals surface area (Å²) in [4.78, 5) is 0. The summed E-state index contributed by atoms with van der Waals surface area (Å²) >= 11 is 0. The molecule has 0 amide bonds. The highest BCUT2D eigenvalue weighted by molar-refractivity contribution is 5.60. The van der Waals surface area contributed by atoms with E-state index in [9.17, 15) is 9.50 Å². The highest BCUT2D eigenvalue weighted by Gasteiger charge is 2.15. The van der Waals surface area contributed by atoms with Crippen LogP contribution in [0.15, 0.2) is 67.6 Å². The molecule has 0 heterocycles. The minimum atomic E-state index is -0.796. The Kier molecular flexibility index (Phi) is 7.78.